The van der Waals surface area contributed by atoms with Crippen LogP contribution in [0, 0.1) is 0 Å². The molecule has 1 aromatic carbocycles. The summed E-state index contributed by atoms with van der Waals surface area (Å²) in [5.74, 6) is -0.726. The summed E-state index contributed by atoms with van der Waals surface area (Å²) in [6, 6.07) is 5.04. The van der Waals surface area contributed by atoms with Gasteiger partial charge in [0, 0.05) is 10.6 Å². The molecule has 0 radical (unpaired) electrons. The third-order valence-electron chi connectivity index (χ3n) is 4.09. The van der Waals surface area contributed by atoms with Gasteiger partial charge in [0.1, 0.15) is 11.3 Å². The topological polar surface area (TPSA) is 75.6 Å². The number of carbonyl (C=O) groups excluding carboxylic acids is 1. The van der Waals surface area contributed by atoms with Crippen molar-refractivity contribution < 1.29 is 19.4 Å². The Hall–Kier alpha value is -1.75. The number of benzene rings is 1. The van der Waals surface area contributed by atoms with Gasteiger partial charge in [0.15, 0.2) is 0 Å². The highest BCUT2D eigenvalue weighted by molar-refractivity contribution is 6.30. The van der Waals surface area contributed by atoms with Gasteiger partial charge in [-0.1, -0.05) is 30.9 Å². The van der Waals surface area contributed by atoms with Crippen LogP contribution < -0.4 is 10.1 Å². The van der Waals surface area contributed by atoms with E-state index in [1.165, 1.54) is 7.11 Å². The van der Waals surface area contributed by atoms with Gasteiger partial charge in [-0.2, -0.15) is 0 Å². The fourth-order valence-corrected chi connectivity index (χ4v) is 3.11. The van der Waals surface area contributed by atoms with Crippen LogP contribution in [0.5, 0.6) is 5.75 Å². The molecule has 0 saturated heterocycles. The monoisotopic (exact) mass is 325 g/mol. The molecule has 2 rings (SSSR count). The number of halogens is 1. The SMILES string of the molecule is COc1ccc(Cl)cc1CC(=O)NC1(C(=O)O)CCCCC1. The fourth-order valence-electron chi connectivity index (χ4n) is 2.92. The van der Waals surface area contributed by atoms with Crippen molar-refractivity contribution in [2.45, 2.75) is 44.1 Å². The smallest absolute Gasteiger partial charge is 0.329 e. The predicted octanol–water partition coefficient (Wildman–Crippen LogP) is 2.79. The van der Waals surface area contributed by atoms with Crippen LogP contribution in [0.3, 0.4) is 0 Å². The van der Waals surface area contributed by atoms with Crippen LogP contribution >= 0.6 is 11.6 Å². The van der Waals surface area contributed by atoms with E-state index in [0.29, 0.717) is 29.2 Å². The van der Waals surface area contributed by atoms with E-state index in [1.54, 1.807) is 18.2 Å². The van der Waals surface area contributed by atoms with Crippen molar-refractivity contribution in [2.24, 2.45) is 0 Å². The zero-order valence-electron chi connectivity index (χ0n) is 12.5. The standard InChI is InChI=1S/C16H20ClNO4/c1-22-13-6-5-12(17)9-11(13)10-14(19)18-16(15(20)21)7-3-2-4-8-16/h5-6,9H,2-4,7-8,10H2,1H3,(H,18,19)(H,20,21). The lowest BCUT2D eigenvalue weighted by atomic mass is 9.81. The molecule has 0 unspecified atom stereocenters. The minimum absolute atomic E-state index is 0.0404. The second-order valence-electron chi connectivity index (χ2n) is 5.63. The number of methoxy groups -OCH3 is 1. The van der Waals surface area contributed by atoms with Crippen molar-refractivity contribution in [1.82, 2.24) is 5.32 Å². The predicted molar refractivity (Wildman–Crippen MR) is 83.3 cm³/mol. The molecule has 1 aliphatic rings. The Labute approximate surface area is 134 Å². The number of carbonyl (C=O) groups is 2. The second-order valence-corrected chi connectivity index (χ2v) is 6.07. The third kappa shape index (κ3) is 3.71. The van der Waals surface area contributed by atoms with Crippen LogP contribution in [0.4, 0.5) is 0 Å². The third-order valence-corrected chi connectivity index (χ3v) is 4.32. The van der Waals surface area contributed by atoms with Gasteiger partial charge in [0.25, 0.3) is 0 Å². The van der Waals surface area contributed by atoms with Gasteiger partial charge in [-0.25, -0.2) is 4.79 Å². The zero-order chi connectivity index (χ0) is 16.2. The summed E-state index contributed by atoms with van der Waals surface area (Å²) in [4.78, 5) is 23.9. The van der Waals surface area contributed by atoms with Crippen molar-refractivity contribution in [2.75, 3.05) is 7.11 Å². The molecule has 0 heterocycles. The van der Waals surface area contributed by atoms with E-state index in [4.69, 9.17) is 16.3 Å². The fraction of sp³-hybridized carbons (Fsp3) is 0.500. The lowest BCUT2D eigenvalue weighted by Gasteiger charge is -2.34. The number of nitrogens with one attached hydrogen (secondary N) is 1. The van der Waals surface area contributed by atoms with E-state index in [2.05, 4.69) is 5.32 Å². The minimum atomic E-state index is -1.14. The van der Waals surface area contributed by atoms with E-state index in [0.717, 1.165) is 19.3 Å². The van der Waals surface area contributed by atoms with E-state index in [1.807, 2.05) is 0 Å². The zero-order valence-corrected chi connectivity index (χ0v) is 13.3. The molecule has 0 aliphatic heterocycles. The van der Waals surface area contributed by atoms with E-state index in [9.17, 15) is 14.7 Å². The largest absolute Gasteiger partial charge is 0.496 e. The summed E-state index contributed by atoms with van der Waals surface area (Å²) in [6.45, 7) is 0. The minimum Gasteiger partial charge on any atom is -0.496 e. The normalized spacial score (nSPS) is 16.8. The van der Waals surface area contributed by atoms with E-state index in [-0.39, 0.29) is 12.3 Å². The lowest BCUT2D eigenvalue weighted by molar-refractivity contribution is -0.149. The molecular formula is C16H20ClNO4. The van der Waals surface area contributed by atoms with Crippen LogP contribution in [-0.2, 0) is 16.0 Å². The summed E-state index contributed by atoms with van der Waals surface area (Å²) in [5.41, 5.74) is -0.495. The Bertz CT molecular complexity index is 567. The second kappa shape index (κ2) is 7.01. The average molecular weight is 326 g/mol. The van der Waals surface area contributed by atoms with E-state index < -0.39 is 11.5 Å². The lowest BCUT2D eigenvalue weighted by Crippen LogP contribution is -2.56. The molecule has 0 bridgehead atoms. The van der Waals surface area contributed by atoms with Gasteiger partial charge in [-0.15, -0.1) is 0 Å². The molecular weight excluding hydrogens is 306 g/mol. The molecule has 0 spiro atoms. The molecule has 2 N–H and O–H groups in total. The molecule has 1 aliphatic carbocycles. The van der Waals surface area contributed by atoms with Crippen molar-refractivity contribution >= 4 is 23.5 Å². The number of carboxylic acids is 1. The first-order chi connectivity index (χ1) is 10.5. The number of aliphatic carboxylic acids is 1. The number of amides is 1. The Morgan fingerprint density at radius 3 is 2.59 bits per heavy atom. The van der Waals surface area contributed by atoms with Gasteiger partial charge in [0.05, 0.1) is 13.5 Å². The van der Waals surface area contributed by atoms with Crippen molar-refractivity contribution in [3.8, 4) is 5.75 Å². The number of rotatable bonds is 5. The highest BCUT2D eigenvalue weighted by atomic mass is 35.5. The Morgan fingerprint density at radius 1 is 1.32 bits per heavy atom. The molecule has 1 saturated carbocycles. The maximum Gasteiger partial charge on any atom is 0.329 e. The summed E-state index contributed by atoms with van der Waals surface area (Å²) < 4.78 is 5.21. The summed E-state index contributed by atoms with van der Waals surface area (Å²) in [7, 11) is 1.52. The first kappa shape index (κ1) is 16.6. The van der Waals surface area contributed by atoms with Crippen molar-refractivity contribution in [3.63, 3.8) is 0 Å². The van der Waals surface area contributed by atoms with Gasteiger partial charge < -0.3 is 15.2 Å². The van der Waals surface area contributed by atoms with Crippen molar-refractivity contribution in [1.29, 1.82) is 0 Å². The maximum atomic E-state index is 12.3. The number of ether oxygens (including phenoxy) is 1. The van der Waals surface area contributed by atoms with Gasteiger partial charge in [-0.3, -0.25) is 4.79 Å². The number of hydrogen-bond donors (Lipinski definition) is 2. The Balaban J connectivity index is 2.12. The van der Waals surface area contributed by atoms with Crippen LogP contribution in [0.15, 0.2) is 18.2 Å². The number of carboxylic acid groups (broad SMARTS) is 1. The summed E-state index contributed by atoms with van der Waals surface area (Å²) in [6.07, 6.45) is 3.62. The first-order valence-corrected chi connectivity index (χ1v) is 7.71. The Kier molecular flexibility index (Phi) is 5.29. The van der Waals surface area contributed by atoms with Crippen LogP contribution in [0.1, 0.15) is 37.7 Å². The number of hydrogen-bond acceptors (Lipinski definition) is 3. The molecule has 6 heteroatoms. The highest BCUT2D eigenvalue weighted by Crippen LogP contribution is 2.29. The summed E-state index contributed by atoms with van der Waals surface area (Å²) >= 11 is 5.95. The quantitative estimate of drug-likeness (QED) is 0.873. The van der Waals surface area contributed by atoms with E-state index >= 15 is 0 Å². The molecule has 22 heavy (non-hydrogen) atoms. The van der Waals surface area contributed by atoms with Crippen molar-refractivity contribution in [3.05, 3.63) is 28.8 Å². The Morgan fingerprint density at radius 2 is 2.00 bits per heavy atom. The van der Waals surface area contributed by atoms with Crippen LogP contribution in [0.25, 0.3) is 0 Å². The molecule has 1 amide bonds. The maximum absolute atomic E-state index is 12.3. The molecule has 1 fully saturated rings. The molecule has 0 atom stereocenters. The van der Waals surface area contributed by atoms with Gasteiger partial charge in [-0.05, 0) is 31.0 Å². The molecule has 5 nitrogen and oxygen atoms in total. The molecule has 0 aromatic heterocycles. The highest BCUT2D eigenvalue weighted by Gasteiger charge is 2.40. The van der Waals surface area contributed by atoms with Crippen LogP contribution in [-0.4, -0.2) is 29.6 Å². The van der Waals surface area contributed by atoms with Crippen LogP contribution in [0.2, 0.25) is 5.02 Å². The summed E-state index contributed by atoms with van der Waals surface area (Å²) in [5, 5.41) is 12.7. The van der Waals surface area contributed by atoms with Gasteiger partial charge >= 0.3 is 5.97 Å². The average Bonchev–Trinajstić information content (AvgIpc) is 2.48. The molecule has 1 aromatic rings. The van der Waals surface area contributed by atoms with Gasteiger partial charge in [0.2, 0.25) is 5.91 Å². The first-order valence-electron chi connectivity index (χ1n) is 7.34. The molecule has 120 valence electrons.